The summed E-state index contributed by atoms with van der Waals surface area (Å²) in [6.07, 6.45) is 6.34. The Morgan fingerprint density at radius 2 is 1.78 bits per heavy atom. The smallest absolute Gasteiger partial charge is 0.0915 e. The molecule has 32 heavy (non-hydrogen) atoms. The summed E-state index contributed by atoms with van der Waals surface area (Å²) in [5.74, 6) is 0. The van der Waals surface area contributed by atoms with E-state index in [9.17, 15) is 5.11 Å². The first-order valence-corrected chi connectivity index (χ1v) is 11.8. The van der Waals surface area contributed by atoms with E-state index >= 15 is 0 Å². The molecule has 0 amide bonds. The van der Waals surface area contributed by atoms with E-state index < -0.39 is 6.10 Å². The van der Waals surface area contributed by atoms with E-state index in [0.29, 0.717) is 27.8 Å². The third-order valence-electron chi connectivity index (χ3n) is 5.39. The van der Waals surface area contributed by atoms with Crippen molar-refractivity contribution in [3.05, 3.63) is 69.8 Å². The Morgan fingerprint density at radius 3 is 2.59 bits per heavy atom. The fourth-order valence-corrected chi connectivity index (χ4v) is 4.05. The zero-order chi connectivity index (χ0) is 22.8. The van der Waals surface area contributed by atoms with Crippen LogP contribution in [0.25, 0.3) is 10.9 Å². The molecule has 0 aliphatic rings. The van der Waals surface area contributed by atoms with Gasteiger partial charge in [-0.1, -0.05) is 35.3 Å². The van der Waals surface area contributed by atoms with Gasteiger partial charge in [0.05, 0.1) is 27.4 Å². The van der Waals surface area contributed by atoms with Crippen molar-refractivity contribution < 1.29 is 9.84 Å². The quantitative estimate of drug-likeness (QED) is 0.222. The Balaban J connectivity index is 1.19. The van der Waals surface area contributed by atoms with Gasteiger partial charge in [0, 0.05) is 31.3 Å². The van der Waals surface area contributed by atoms with Crippen molar-refractivity contribution in [2.24, 2.45) is 0 Å². The van der Waals surface area contributed by atoms with E-state index in [1.165, 1.54) is 10.9 Å². The Bertz CT molecular complexity index is 977. The van der Waals surface area contributed by atoms with E-state index in [-0.39, 0.29) is 0 Å². The lowest BCUT2D eigenvalue weighted by molar-refractivity contribution is 0.127. The summed E-state index contributed by atoms with van der Waals surface area (Å²) in [5.41, 5.74) is 9.09. The minimum atomic E-state index is -0.673. The van der Waals surface area contributed by atoms with Crippen LogP contribution in [0.4, 0.5) is 5.69 Å². The average Bonchev–Trinajstić information content (AvgIpc) is 2.80. The molecule has 3 aromatic rings. The Labute approximate surface area is 199 Å². The molecule has 0 aliphatic carbocycles. The molecule has 5 nitrogen and oxygen atoms in total. The minimum Gasteiger partial charge on any atom is -0.396 e. The number of pyridine rings is 1. The summed E-state index contributed by atoms with van der Waals surface area (Å²) in [6.45, 7) is 2.84. The lowest BCUT2D eigenvalue weighted by atomic mass is 10.1. The van der Waals surface area contributed by atoms with Crippen LogP contribution >= 0.6 is 23.2 Å². The number of nitrogens with one attached hydrogen (secondary N) is 1. The number of aryl methyl sites for hydroxylation is 1. The number of nitrogens with zero attached hydrogens (tertiary/aromatic N) is 1. The number of ether oxygens (including phenoxy) is 1. The van der Waals surface area contributed by atoms with Gasteiger partial charge in [-0.2, -0.15) is 0 Å². The molecule has 4 N–H and O–H groups in total. The Kier molecular flexibility index (Phi) is 10.0. The van der Waals surface area contributed by atoms with Crippen molar-refractivity contribution in [3.63, 3.8) is 0 Å². The number of anilines is 1. The monoisotopic (exact) mass is 475 g/mol. The van der Waals surface area contributed by atoms with Gasteiger partial charge in [-0.3, -0.25) is 4.98 Å². The van der Waals surface area contributed by atoms with Crippen molar-refractivity contribution in [1.82, 2.24) is 10.3 Å². The molecule has 1 atom stereocenters. The number of hydrogen-bond acceptors (Lipinski definition) is 5. The second-order valence-electron chi connectivity index (χ2n) is 7.93. The first-order valence-electron chi connectivity index (χ1n) is 11.1. The Morgan fingerprint density at radius 1 is 1.00 bits per heavy atom. The molecule has 172 valence electrons. The predicted molar refractivity (Wildman–Crippen MR) is 133 cm³/mol. The largest absolute Gasteiger partial charge is 0.396 e. The molecule has 1 aromatic heterocycles. The molecule has 1 heterocycles. The van der Waals surface area contributed by atoms with E-state index in [1.807, 2.05) is 12.3 Å². The van der Waals surface area contributed by atoms with Crippen LogP contribution in [0, 0.1) is 0 Å². The third-order valence-corrected chi connectivity index (χ3v) is 6.01. The number of fused-ring (bicyclic) bond motifs is 1. The molecule has 0 bridgehead atoms. The lowest BCUT2D eigenvalue weighted by Gasteiger charge is -2.14. The second-order valence-corrected chi connectivity index (χ2v) is 8.74. The summed E-state index contributed by atoms with van der Waals surface area (Å²) >= 11 is 12.0. The minimum absolute atomic E-state index is 0.339. The zero-order valence-electron chi connectivity index (χ0n) is 18.2. The van der Waals surface area contributed by atoms with Gasteiger partial charge in [-0.05, 0) is 80.1 Å². The van der Waals surface area contributed by atoms with Crippen LogP contribution in [-0.2, 0) is 11.2 Å². The topological polar surface area (TPSA) is 80.4 Å². The predicted octanol–water partition coefficient (Wildman–Crippen LogP) is 5.57. The molecule has 0 saturated heterocycles. The Hall–Kier alpha value is -1.89. The van der Waals surface area contributed by atoms with Crippen molar-refractivity contribution in [3.8, 4) is 0 Å². The van der Waals surface area contributed by atoms with Gasteiger partial charge in [0.1, 0.15) is 0 Å². The molecular weight excluding hydrogens is 445 g/mol. The number of aliphatic hydroxyl groups excluding tert-OH is 1. The molecule has 0 saturated carbocycles. The molecule has 0 radical (unpaired) electrons. The van der Waals surface area contributed by atoms with Crippen LogP contribution in [0.15, 0.2) is 48.7 Å². The van der Waals surface area contributed by atoms with E-state index in [0.717, 1.165) is 57.4 Å². The highest BCUT2D eigenvalue weighted by molar-refractivity contribution is 6.38. The van der Waals surface area contributed by atoms with Crippen molar-refractivity contribution in [1.29, 1.82) is 0 Å². The number of unbranched alkanes of at least 4 members (excludes halogenated alkanes) is 2. The summed E-state index contributed by atoms with van der Waals surface area (Å²) in [4.78, 5) is 4.36. The van der Waals surface area contributed by atoms with Crippen LogP contribution in [0.3, 0.4) is 0 Å². The molecule has 2 aromatic carbocycles. The molecule has 1 unspecified atom stereocenters. The maximum atomic E-state index is 10.3. The highest BCUT2D eigenvalue weighted by atomic mass is 35.5. The maximum absolute atomic E-state index is 10.3. The van der Waals surface area contributed by atoms with E-state index in [4.69, 9.17) is 33.7 Å². The zero-order valence-corrected chi connectivity index (χ0v) is 19.7. The molecule has 3 rings (SSSR count). The summed E-state index contributed by atoms with van der Waals surface area (Å²) in [6, 6.07) is 13.8. The van der Waals surface area contributed by atoms with Crippen LogP contribution in [0.2, 0.25) is 10.0 Å². The van der Waals surface area contributed by atoms with Gasteiger partial charge in [0.2, 0.25) is 0 Å². The lowest BCUT2D eigenvalue weighted by Crippen LogP contribution is -2.22. The molecule has 0 aliphatic heterocycles. The fourth-order valence-electron chi connectivity index (χ4n) is 3.54. The van der Waals surface area contributed by atoms with E-state index in [2.05, 4.69) is 34.6 Å². The highest BCUT2D eigenvalue weighted by Crippen LogP contribution is 2.31. The number of nitrogens with two attached hydrogens (primary N) is 1. The molecule has 0 spiro atoms. The first-order chi connectivity index (χ1) is 15.5. The molecule has 7 heteroatoms. The fraction of sp³-hybridized carbons (Fsp3) is 0.400. The van der Waals surface area contributed by atoms with Gasteiger partial charge in [-0.25, -0.2) is 0 Å². The summed E-state index contributed by atoms with van der Waals surface area (Å²) in [5, 5.41) is 15.5. The van der Waals surface area contributed by atoms with E-state index in [1.54, 1.807) is 12.1 Å². The van der Waals surface area contributed by atoms with Crippen LogP contribution < -0.4 is 11.1 Å². The highest BCUT2D eigenvalue weighted by Gasteiger charge is 2.11. The normalized spacial score (nSPS) is 12.3. The molecule has 0 fully saturated rings. The number of benzene rings is 2. The SMILES string of the molecule is Nc1c(Cl)cc(C(O)CNCCCCCOCCCc2ccc3ncccc3c2)cc1Cl. The number of aromatic nitrogens is 1. The summed E-state index contributed by atoms with van der Waals surface area (Å²) < 4.78 is 5.77. The number of hydrogen-bond donors (Lipinski definition) is 3. The van der Waals surface area contributed by atoms with Crippen LogP contribution in [-0.4, -0.2) is 36.4 Å². The maximum Gasteiger partial charge on any atom is 0.0915 e. The number of aliphatic hydroxyl groups is 1. The van der Waals surface area contributed by atoms with Gasteiger partial charge in [0.25, 0.3) is 0 Å². The number of nitrogen functional groups attached to an aromatic ring is 1. The third kappa shape index (κ3) is 7.61. The molecular formula is C25H31Cl2N3O2. The van der Waals surface area contributed by atoms with Crippen molar-refractivity contribution in [2.75, 3.05) is 32.0 Å². The van der Waals surface area contributed by atoms with Gasteiger partial charge >= 0.3 is 0 Å². The van der Waals surface area contributed by atoms with Crippen LogP contribution in [0.5, 0.6) is 0 Å². The standard InChI is InChI=1S/C25H31Cl2N3O2/c26-21-15-20(16-22(27)25(21)28)24(31)17-29-10-2-1-3-12-32-13-5-6-18-8-9-23-19(14-18)7-4-11-30-23/h4,7-9,11,14-16,24,29,31H,1-3,5-6,10,12-13,17,28H2. The summed E-state index contributed by atoms with van der Waals surface area (Å²) in [7, 11) is 0. The first kappa shape index (κ1) is 24.7. The number of rotatable bonds is 13. The van der Waals surface area contributed by atoms with Crippen molar-refractivity contribution in [2.45, 2.75) is 38.2 Å². The van der Waals surface area contributed by atoms with Gasteiger partial charge in [-0.15, -0.1) is 0 Å². The van der Waals surface area contributed by atoms with Gasteiger partial charge < -0.3 is 20.9 Å². The second kappa shape index (κ2) is 13.0. The van der Waals surface area contributed by atoms with Gasteiger partial charge in [0.15, 0.2) is 0 Å². The van der Waals surface area contributed by atoms with Crippen molar-refractivity contribution >= 4 is 39.8 Å². The van der Waals surface area contributed by atoms with Crippen LogP contribution in [0.1, 0.15) is 42.9 Å². The average molecular weight is 476 g/mol. The number of halogens is 2.